The van der Waals surface area contributed by atoms with Gasteiger partial charge in [-0.25, -0.2) is 4.68 Å². The number of nitrogens with zero attached hydrogens (tertiary/aromatic N) is 3. The molecule has 0 fully saturated rings. The first kappa shape index (κ1) is 19.3. The Labute approximate surface area is 150 Å². The molecule has 1 atom stereocenters. The maximum Gasteiger partial charge on any atom is 0.435 e. The number of aliphatic imine (C=N–C) groups is 1. The quantitative estimate of drug-likeness (QED) is 0.879. The summed E-state index contributed by atoms with van der Waals surface area (Å²) < 4.78 is 41.3. The van der Waals surface area contributed by atoms with Crippen molar-refractivity contribution in [3.63, 3.8) is 0 Å². The fraction of sp³-hybridized carbons (Fsp3) is 0.412. The highest BCUT2D eigenvalue weighted by atomic mass is 35.5. The molecule has 0 saturated carbocycles. The number of alkyl halides is 3. The average molecular weight is 373 g/mol. The molecule has 4 nitrogen and oxygen atoms in total. The summed E-state index contributed by atoms with van der Waals surface area (Å²) >= 11 is 0. The van der Waals surface area contributed by atoms with Crippen molar-refractivity contribution in [1.82, 2.24) is 9.78 Å². The number of benzene rings is 1. The standard InChI is InChI=1S/C17H19F3N4.ClH/c18-17(19,20)16-12(10-13-6-4-5-9-15(21)22-13)11-24(23-16)14-7-2-1-3-8-14;/h1-3,7-8,11,13H,4-6,9-10H2,(H2,21,22);1H. The predicted octanol–water partition coefficient (Wildman–Crippen LogP) is 4.16. The first-order chi connectivity index (χ1) is 11.4. The van der Waals surface area contributed by atoms with Crippen LogP contribution in [0.25, 0.3) is 5.69 Å². The lowest BCUT2D eigenvalue weighted by molar-refractivity contribution is -0.142. The van der Waals surface area contributed by atoms with Crippen molar-refractivity contribution in [3.05, 3.63) is 47.8 Å². The van der Waals surface area contributed by atoms with Gasteiger partial charge in [0.05, 0.1) is 17.6 Å². The van der Waals surface area contributed by atoms with Gasteiger partial charge in [-0.3, -0.25) is 4.99 Å². The van der Waals surface area contributed by atoms with Crippen molar-refractivity contribution in [2.45, 2.75) is 44.3 Å². The van der Waals surface area contributed by atoms with Crippen LogP contribution < -0.4 is 5.73 Å². The summed E-state index contributed by atoms with van der Waals surface area (Å²) in [6.45, 7) is 0. The molecule has 0 radical (unpaired) electrons. The Kier molecular flexibility index (Phi) is 6.11. The first-order valence-corrected chi connectivity index (χ1v) is 7.97. The van der Waals surface area contributed by atoms with Crippen LogP contribution in [0.2, 0.25) is 0 Å². The number of halogens is 4. The van der Waals surface area contributed by atoms with Crippen molar-refractivity contribution in [2.75, 3.05) is 0 Å². The zero-order valence-electron chi connectivity index (χ0n) is 13.5. The van der Waals surface area contributed by atoms with Crippen molar-refractivity contribution in [2.24, 2.45) is 10.7 Å². The van der Waals surface area contributed by atoms with E-state index in [0.29, 0.717) is 17.9 Å². The minimum Gasteiger partial charge on any atom is -0.387 e. The van der Waals surface area contributed by atoms with E-state index in [1.54, 1.807) is 24.3 Å². The fourth-order valence-electron chi connectivity index (χ4n) is 2.96. The van der Waals surface area contributed by atoms with E-state index in [-0.39, 0.29) is 30.4 Å². The molecule has 3 rings (SSSR count). The van der Waals surface area contributed by atoms with Gasteiger partial charge >= 0.3 is 6.18 Å². The van der Waals surface area contributed by atoms with E-state index >= 15 is 0 Å². The molecule has 25 heavy (non-hydrogen) atoms. The summed E-state index contributed by atoms with van der Waals surface area (Å²) in [4.78, 5) is 4.37. The highest BCUT2D eigenvalue weighted by Crippen LogP contribution is 2.33. The van der Waals surface area contributed by atoms with Crippen LogP contribution in [0.5, 0.6) is 0 Å². The molecule has 0 bridgehead atoms. The first-order valence-electron chi connectivity index (χ1n) is 7.97. The van der Waals surface area contributed by atoms with Gasteiger partial charge in [0.25, 0.3) is 0 Å². The lowest BCUT2D eigenvalue weighted by atomic mass is 10.0. The minimum atomic E-state index is -4.49. The fourth-order valence-corrected chi connectivity index (χ4v) is 2.96. The molecule has 2 heterocycles. The van der Waals surface area contributed by atoms with E-state index in [9.17, 15) is 13.2 Å². The van der Waals surface area contributed by atoms with Crippen molar-refractivity contribution < 1.29 is 13.2 Å². The van der Waals surface area contributed by atoms with Gasteiger partial charge in [-0.15, -0.1) is 12.4 Å². The van der Waals surface area contributed by atoms with Crippen LogP contribution in [-0.4, -0.2) is 21.7 Å². The van der Waals surface area contributed by atoms with Crippen LogP contribution in [0, 0.1) is 0 Å². The van der Waals surface area contributed by atoms with E-state index in [1.165, 1.54) is 10.9 Å². The van der Waals surface area contributed by atoms with Crippen LogP contribution in [0.4, 0.5) is 13.2 Å². The van der Waals surface area contributed by atoms with Gasteiger partial charge in [0.1, 0.15) is 0 Å². The average Bonchev–Trinajstić information content (AvgIpc) is 2.85. The smallest absolute Gasteiger partial charge is 0.387 e. The molecular formula is C17H20ClF3N4. The van der Waals surface area contributed by atoms with Crippen LogP contribution in [0.3, 0.4) is 0 Å². The summed E-state index contributed by atoms with van der Waals surface area (Å²) in [7, 11) is 0. The summed E-state index contributed by atoms with van der Waals surface area (Å²) in [5, 5.41) is 3.77. The summed E-state index contributed by atoms with van der Waals surface area (Å²) in [6.07, 6.45) is 0.469. The highest BCUT2D eigenvalue weighted by molar-refractivity contribution is 5.85. The number of amidine groups is 1. The van der Waals surface area contributed by atoms with Gasteiger partial charge in [0.15, 0.2) is 5.69 Å². The van der Waals surface area contributed by atoms with E-state index in [1.807, 2.05) is 6.07 Å². The topological polar surface area (TPSA) is 56.2 Å². The van der Waals surface area contributed by atoms with Crippen molar-refractivity contribution in [3.8, 4) is 5.69 Å². The van der Waals surface area contributed by atoms with Crippen LogP contribution in [-0.2, 0) is 12.6 Å². The summed E-state index contributed by atoms with van der Waals surface area (Å²) in [6, 6.07) is 8.56. The van der Waals surface area contributed by atoms with E-state index in [4.69, 9.17) is 5.73 Å². The van der Waals surface area contributed by atoms with Crippen LogP contribution >= 0.6 is 12.4 Å². The van der Waals surface area contributed by atoms with Crippen LogP contribution in [0.1, 0.15) is 36.9 Å². The van der Waals surface area contributed by atoms with E-state index < -0.39 is 11.9 Å². The number of hydrogen-bond donors (Lipinski definition) is 1. The van der Waals surface area contributed by atoms with Crippen molar-refractivity contribution >= 4 is 18.2 Å². The van der Waals surface area contributed by atoms with E-state index in [2.05, 4.69) is 10.1 Å². The third-order valence-electron chi connectivity index (χ3n) is 4.10. The van der Waals surface area contributed by atoms with Gasteiger partial charge in [-0.1, -0.05) is 24.6 Å². The molecule has 2 aromatic rings. The largest absolute Gasteiger partial charge is 0.435 e. The lowest BCUT2D eigenvalue weighted by Crippen LogP contribution is -2.17. The Balaban J connectivity index is 0.00000225. The number of aromatic nitrogens is 2. The zero-order valence-corrected chi connectivity index (χ0v) is 14.4. The molecule has 1 aliphatic heterocycles. The highest BCUT2D eigenvalue weighted by Gasteiger charge is 2.37. The minimum absolute atomic E-state index is 0. The van der Waals surface area contributed by atoms with Gasteiger partial charge in [0, 0.05) is 18.2 Å². The Morgan fingerprint density at radius 2 is 1.88 bits per heavy atom. The second-order valence-electron chi connectivity index (χ2n) is 6.00. The molecule has 2 N–H and O–H groups in total. The molecule has 1 unspecified atom stereocenters. The summed E-state index contributed by atoms with van der Waals surface area (Å²) in [5.41, 5.74) is 5.72. The molecule has 1 aliphatic rings. The Hall–Kier alpha value is -2.02. The third-order valence-corrected chi connectivity index (χ3v) is 4.10. The number of para-hydroxylation sites is 1. The summed E-state index contributed by atoms with van der Waals surface area (Å²) in [5.74, 6) is 0.529. The second kappa shape index (κ2) is 7.91. The molecule has 0 aliphatic carbocycles. The van der Waals surface area contributed by atoms with Crippen LogP contribution in [0.15, 0.2) is 41.5 Å². The van der Waals surface area contributed by atoms with Crippen molar-refractivity contribution in [1.29, 1.82) is 0 Å². The molecular weight excluding hydrogens is 353 g/mol. The molecule has 0 amide bonds. The molecule has 0 spiro atoms. The Morgan fingerprint density at radius 1 is 1.16 bits per heavy atom. The second-order valence-corrected chi connectivity index (χ2v) is 6.00. The predicted molar refractivity (Wildman–Crippen MR) is 93.4 cm³/mol. The molecule has 0 saturated heterocycles. The normalized spacial score (nSPS) is 18.2. The van der Waals surface area contributed by atoms with Gasteiger partial charge in [-0.05, 0) is 31.4 Å². The lowest BCUT2D eigenvalue weighted by Gasteiger charge is -2.11. The van der Waals surface area contributed by atoms with Gasteiger partial charge in [-0.2, -0.15) is 18.3 Å². The number of rotatable bonds is 3. The monoisotopic (exact) mass is 372 g/mol. The SMILES string of the molecule is Cl.NC1=NC(Cc2cn(-c3ccccc3)nc2C(F)(F)F)CCCC1. The number of hydrogen-bond acceptors (Lipinski definition) is 3. The van der Waals surface area contributed by atoms with E-state index in [0.717, 1.165) is 19.3 Å². The molecule has 8 heteroatoms. The Bertz CT molecular complexity index is 725. The third kappa shape index (κ3) is 4.75. The maximum absolute atomic E-state index is 13.4. The van der Waals surface area contributed by atoms with Gasteiger partial charge in [0.2, 0.25) is 0 Å². The Morgan fingerprint density at radius 3 is 2.56 bits per heavy atom. The molecule has 1 aromatic carbocycles. The van der Waals surface area contributed by atoms with Gasteiger partial charge < -0.3 is 5.73 Å². The zero-order chi connectivity index (χ0) is 17.2. The maximum atomic E-state index is 13.4. The number of nitrogens with two attached hydrogens (primary N) is 1. The molecule has 1 aromatic heterocycles. The molecule has 136 valence electrons.